The summed E-state index contributed by atoms with van der Waals surface area (Å²) in [6, 6.07) is 6.07. The van der Waals surface area contributed by atoms with E-state index >= 15 is 0 Å². The SMILES string of the molecule is Cc1nc(C(C)(C)NC(=O)C2COCCN(C)C2)c2cccc(C)c2n1. The third kappa shape index (κ3) is 3.86. The molecule has 0 radical (unpaired) electrons. The topological polar surface area (TPSA) is 67.3 Å². The average Bonchev–Trinajstić information content (AvgIpc) is 2.79. The van der Waals surface area contributed by atoms with Crippen molar-refractivity contribution in [1.29, 1.82) is 0 Å². The van der Waals surface area contributed by atoms with Crippen LogP contribution in [0.15, 0.2) is 18.2 Å². The molecule has 0 spiro atoms. The molecule has 2 aromatic rings. The van der Waals surface area contributed by atoms with E-state index in [0.29, 0.717) is 25.6 Å². The molecule has 6 nitrogen and oxygen atoms in total. The first kappa shape index (κ1) is 18.7. The van der Waals surface area contributed by atoms with Crippen LogP contribution < -0.4 is 5.32 Å². The summed E-state index contributed by atoms with van der Waals surface area (Å²) in [5.74, 6) is 0.528. The molecule has 1 saturated heterocycles. The number of carbonyl (C=O) groups is 1. The van der Waals surface area contributed by atoms with E-state index in [9.17, 15) is 4.79 Å². The largest absolute Gasteiger partial charge is 0.379 e. The number of aromatic nitrogens is 2. The van der Waals surface area contributed by atoms with E-state index in [0.717, 1.165) is 28.7 Å². The number of likely N-dealkylation sites (N-methyl/N-ethyl adjacent to an activating group) is 1. The number of ether oxygens (including phenoxy) is 1. The van der Waals surface area contributed by atoms with Crippen LogP contribution in [0.3, 0.4) is 0 Å². The monoisotopic (exact) mass is 356 g/mol. The number of hydrogen-bond acceptors (Lipinski definition) is 5. The molecule has 140 valence electrons. The summed E-state index contributed by atoms with van der Waals surface area (Å²) >= 11 is 0. The first-order valence-electron chi connectivity index (χ1n) is 9.10. The molecule has 1 unspecified atom stereocenters. The molecular weight excluding hydrogens is 328 g/mol. The lowest BCUT2D eigenvalue weighted by atomic mass is 9.94. The molecular formula is C20H28N4O2. The molecule has 1 aliphatic rings. The number of carbonyl (C=O) groups excluding carboxylic acids is 1. The number of benzene rings is 1. The first-order valence-corrected chi connectivity index (χ1v) is 9.10. The van der Waals surface area contributed by atoms with Crippen molar-refractivity contribution in [3.8, 4) is 0 Å². The molecule has 1 aromatic carbocycles. The van der Waals surface area contributed by atoms with Gasteiger partial charge in [-0.3, -0.25) is 4.79 Å². The van der Waals surface area contributed by atoms with Crippen molar-refractivity contribution in [3.63, 3.8) is 0 Å². The first-order chi connectivity index (χ1) is 12.3. The third-order valence-electron chi connectivity index (χ3n) is 4.91. The highest BCUT2D eigenvalue weighted by molar-refractivity contribution is 5.86. The number of amides is 1. The molecule has 1 amide bonds. The highest BCUT2D eigenvalue weighted by atomic mass is 16.5. The van der Waals surface area contributed by atoms with Gasteiger partial charge in [-0.2, -0.15) is 0 Å². The fraction of sp³-hybridized carbons (Fsp3) is 0.550. The predicted molar refractivity (Wildman–Crippen MR) is 102 cm³/mol. The van der Waals surface area contributed by atoms with Gasteiger partial charge in [0.2, 0.25) is 5.91 Å². The lowest BCUT2D eigenvalue weighted by molar-refractivity contribution is -0.128. The van der Waals surface area contributed by atoms with Crippen LogP contribution in [0, 0.1) is 19.8 Å². The normalized spacial score (nSPS) is 19.3. The summed E-state index contributed by atoms with van der Waals surface area (Å²) in [7, 11) is 2.02. The maximum absolute atomic E-state index is 12.9. The van der Waals surface area contributed by atoms with Gasteiger partial charge in [-0.25, -0.2) is 9.97 Å². The van der Waals surface area contributed by atoms with Crippen LogP contribution in [0.1, 0.15) is 30.9 Å². The molecule has 1 atom stereocenters. The number of nitrogens with one attached hydrogen (secondary N) is 1. The fourth-order valence-corrected chi connectivity index (χ4v) is 3.48. The Balaban J connectivity index is 1.91. The van der Waals surface area contributed by atoms with E-state index in [1.807, 2.05) is 52.9 Å². The van der Waals surface area contributed by atoms with Gasteiger partial charge in [0.15, 0.2) is 0 Å². The maximum atomic E-state index is 12.9. The number of fused-ring (bicyclic) bond motifs is 1. The van der Waals surface area contributed by atoms with Gasteiger partial charge in [0.25, 0.3) is 0 Å². The summed E-state index contributed by atoms with van der Waals surface area (Å²) in [5, 5.41) is 4.18. The minimum absolute atomic E-state index is 0.000758. The summed E-state index contributed by atoms with van der Waals surface area (Å²) in [6.45, 7) is 10.6. The van der Waals surface area contributed by atoms with Gasteiger partial charge in [0, 0.05) is 18.5 Å². The Morgan fingerprint density at radius 2 is 2.08 bits per heavy atom. The van der Waals surface area contributed by atoms with Crippen LogP contribution in [0.25, 0.3) is 10.9 Å². The van der Waals surface area contributed by atoms with Crippen LogP contribution in [-0.2, 0) is 15.1 Å². The van der Waals surface area contributed by atoms with E-state index in [1.54, 1.807) is 0 Å². The van der Waals surface area contributed by atoms with Crippen molar-refractivity contribution < 1.29 is 9.53 Å². The Labute approximate surface area is 155 Å². The minimum Gasteiger partial charge on any atom is -0.379 e. The molecule has 1 fully saturated rings. The van der Waals surface area contributed by atoms with E-state index in [4.69, 9.17) is 4.74 Å². The van der Waals surface area contributed by atoms with Crippen LogP contribution in [-0.4, -0.2) is 54.1 Å². The molecule has 1 aliphatic heterocycles. The van der Waals surface area contributed by atoms with E-state index in [2.05, 4.69) is 20.2 Å². The zero-order valence-electron chi connectivity index (χ0n) is 16.3. The second-order valence-electron chi connectivity index (χ2n) is 7.74. The second kappa shape index (κ2) is 7.29. The van der Waals surface area contributed by atoms with Crippen molar-refractivity contribution >= 4 is 16.8 Å². The lowest BCUT2D eigenvalue weighted by Gasteiger charge is -2.30. The summed E-state index contributed by atoms with van der Waals surface area (Å²) in [6.07, 6.45) is 0. The van der Waals surface area contributed by atoms with Gasteiger partial charge in [-0.05, 0) is 40.3 Å². The van der Waals surface area contributed by atoms with Crippen molar-refractivity contribution in [2.24, 2.45) is 5.92 Å². The van der Waals surface area contributed by atoms with Gasteiger partial charge in [-0.15, -0.1) is 0 Å². The Morgan fingerprint density at radius 3 is 2.85 bits per heavy atom. The van der Waals surface area contributed by atoms with Gasteiger partial charge < -0.3 is 15.0 Å². The number of rotatable bonds is 3. The molecule has 1 aromatic heterocycles. The number of para-hydroxylation sites is 1. The van der Waals surface area contributed by atoms with Crippen molar-refractivity contribution in [3.05, 3.63) is 35.3 Å². The molecule has 0 bridgehead atoms. The van der Waals surface area contributed by atoms with E-state index in [-0.39, 0.29) is 11.8 Å². The molecule has 0 saturated carbocycles. The summed E-state index contributed by atoms with van der Waals surface area (Å²) < 4.78 is 5.60. The van der Waals surface area contributed by atoms with Crippen LogP contribution >= 0.6 is 0 Å². The Hall–Kier alpha value is -2.05. The van der Waals surface area contributed by atoms with E-state index < -0.39 is 5.54 Å². The molecule has 26 heavy (non-hydrogen) atoms. The molecule has 6 heteroatoms. The smallest absolute Gasteiger partial charge is 0.227 e. The molecule has 3 rings (SSSR count). The fourth-order valence-electron chi connectivity index (χ4n) is 3.48. The molecule has 1 N–H and O–H groups in total. The average molecular weight is 356 g/mol. The Kier molecular flexibility index (Phi) is 5.25. The third-order valence-corrected chi connectivity index (χ3v) is 4.91. The van der Waals surface area contributed by atoms with Crippen LogP contribution in [0.4, 0.5) is 0 Å². The maximum Gasteiger partial charge on any atom is 0.227 e. The van der Waals surface area contributed by atoms with Crippen molar-refractivity contribution in [1.82, 2.24) is 20.2 Å². The van der Waals surface area contributed by atoms with Crippen LogP contribution in [0.5, 0.6) is 0 Å². The van der Waals surface area contributed by atoms with Crippen molar-refractivity contribution in [2.45, 2.75) is 33.2 Å². The predicted octanol–water partition coefficient (Wildman–Crippen LogP) is 2.18. The highest BCUT2D eigenvalue weighted by Gasteiger charge is 2.31. The summed E-state index contributed by atoms with van der Waals surface area (Å²) in [4.78, 5) is 24.3. The highest BCUT2D eigenvalue weighted by Crippen LogP contribution is 2.28. The van der Waals surface area contributed by atoms with Crippen molar-refractivity contribution in [2.75, 3.05) is 33.4 Å². The van der Waals surface area contributed by atoms with Gasteiger partial charge in [0.05, 0.1) is 35.9 Å². The minimum atomic E-state index is -0.609. The molecule has 0 aliphatic carbocycles. The van der Waals surface area contributed by atoms with Gasteiger partial charge in [0.1, 0.15) is 5.82 Å². The Morgan fingerprint density at radius 1 is 1.31 bits per heavy atom. The quantitative estimate of drug-likeness (QED) is 0.913. The lowest BCUT2D eigenvalue weighted by Crippen LogP contribution is -2.47. The second-order valence-corrected chi connectivity index (χ2v) is 7.74. The standard InChI is InChI=1S/C20H28N4O2/c1-13-7-6-8-16-17(13)21-14(2)22-18(16)20(3,4)23-19(25)15-11-24(5)9-10-26-12-15/h6-8,15H,9-12H2,1-5H3,(H,23,25). The number of hydrogen-bond donors (Lipinski definition) is 1. The summed E-state index contributed by atoms with van der Waals surface area (Å²) in [5.41, 5.74) is 2.28. The Bertz CT molecular complexity index is 819. The van der Waals surface area contributed by atoms with Gasteiger partial charge in [-0.1, -0.05) is 18.2 Å². The van der Waals surface area contributed by atoms with E-state index in [1.165, 1.54) is 0 Å². The van der Waals surface area contributed by atoms with Crippen LogP contribution in [0.2, 0.25) is 0 Å². The number of aryl methyl sites for hydroxylation is 2. The zero-order valence-corrected chi connectivity index (χ0v) is 16.3. The van der Waals surface area contributed by atoms with Gasteiger partial charge >= 0.3 is 0 Å². The zero-order chi connectivity index (χ0) is 18.9. The molecule has 2 heterocycles. The number of nitrogens with zero attached hydrogens (tertiary/aromatic N) is 3.